The van der Waals surface area contributed by atoms with Gasteiger partial charge in [0, 0.05) is 12.3 Å². The predicted molar refractivity (Wildman–Crippen MR) is 40.2 cm³/mol. The molecule has 2 atom stereocenters. The third kappa shape index (κ3) is 1.44. The van der Waals surface area contributed by atoms with E-state index in [9.17, 15) is 26.3 Å². The van der Waals surface area contributed by atoms with Gasteiger partial charge in [0.15, 0.2) is 0 Å². The van der Waals surface area contributed by atoms with Crippen molar-refractivity contribution in [3.05, 3.63) is 0 Å². The number of halogens is 6. The van der Waals surface area contributed by atoms with Crippen molar-refractivity contribution in [1.29, 1.82) is 0 Å². The van der Waals surface area contributed by atoms with Gasteiger partial charge in [-0.2, -0.15) is 17.6 Å². The standard InChI is InChI=1S/C9H10F6/c1-4(5-3-7(5,10)11)2-6-8(12,13)9(6,14)15/h4-6H,2-3H2,1H3. The molecule has 88 valence electrons. The van der Waals surface area contributed by atoms with Crippen molar-refractivity contribution >= 4 is 0 Å². The molecule has 2 unspecified atom stereocenters. The summed E-state index contributed by atoms with van der Waals surface area (Å²) in [6.07, 6.45) is -0.891. The second-order valence-corrected chi connectivity index (χ2v) is 4.58. The summed E-state index contributed by atoms with van der Waals surface area (Å²) in [4.78, 5) is 0. The zero-order chi connectivity index (χ0) is 11.6. The van der Waals surface area contributed by atoms with Crippen molar-refractivity contribution in [1.82, 2.24) is 0 Å². The average molecular weight is 232 g/mol. The lowest BCUT2D eigenvalue weighted by Gasteiger charge is -2.08. The molecule has 0 aromatic carbocycles. The van der Waals surface area contributed by atoms with Gasteiger partial charge in [-0.25, -0.2) is 8.78 Å². The normalized spacial score (nSPS) is 37.4. The highest BCUT2D eigenvalue weighted by Crippen LogP contribution is 2.66. The maximum atomic E-state index is 12.5. The highest BCUT2D eigenvalue weighted by molar-refractivity contribution is 5.15. The Morgan fingerprint density at radius 3 is 1.73 bits per heavy atom. The van der Waals surface area contributed by atoms with Gasteiger partial charge >= 0.3 is 11.8 Å². The van der Waals surface area contributed by atoms with Crippen LogP contribution in [0.25, 0.3) is 0 Å². The quantitative estimate of drug-likeness (QED) is 0.652. The van der Waals surface area contributed by atoms with E-state index in [1.54, 1.807) is 0 Å². The van der Waals surface area contributed by atoms with E-state index < -0.39 is 41.9 Å². The molecule has 0 spiro atoms. The molecular weight excluding hydrogens is 222 g/mol. The summed E-state index contributed by atoms with van der Waals surface area (Å²) in [6, 6.07) is 0. The van der Waals surface area contributed by atoms with Gasteiger partial charge in [-0.1, -0.05) is 6.92 Å². The minimum absolute atomic E-state index is 0.363. The van der Waals surface area contributed by atoms with E-state index in [0.29, 0.717) is 0 Å². The van der Waals surface area contributed by atoms with E-state index in [4.69, 9.17) is 0 Å². The third-order valence-electron chi connectivity index (χ3n) is 3.41. The van der Waals surface area contributed by atoms with E-state index in [0.717, 1.165) is 0 Å². The molecule has 0 saturated heterocycles. The summed E-state index contributed by atoms with van der Waals surface area (Å²) in [5.74, 6) is -14.6. The molecule has 2 aliphatic rings. The molecular formula is C9H10F6. The van der Waals surface area contributed by atoms with Crippen LogP contribution in [0.5, 0.6) is 0 Å². The molecule has 0 aromatic heterocycles. The Bertz CT molecular complexity index is 270. The molecule has 2 aliphatic carbocycles. The van der Waals surface area contributed by atoms with Gasteiger partial charge in [-0.3, -0.25) is 0 Å². The first-order valence-electron chi connectivity index (χ1n) is 4.74. The van der Waals surface area contributed by atoms with Crippen LogP contribution in [0.4, 0.5) is 26.3 Å². The molecule has 0 nitrogen and oxygen atoms in total. The molecule has 0 aromatic rings. The van der Waals surface area contributed by atoms with E-state index in [2.05, 4.69) is 0 Å². The maximum absolute atomic E-state index is 12.5. The van der Waals surface area contributed by atoms with Crippen molar-refractivity contribution in [3.8, 4) is 0 Å². The SMILES string of the molecule is CC(CC1C(F)(F)C1(F)F)C1CC1(F)F. The Labute approximate surface area is 82.6 Å². The van der Waals surface area contributed by atoms with Crippen LogP contribution >= 0.6 is 0 Å². The lowest BCUT2D eigenvalue weighted by Crippen LogP contribution is -2.08. The first kappa shape index (κ1) is 11.1. The lowest BCUT2D eigenvalue weighted by molar-refractivity contribution is -0.0278. The van der Waals surface area contributed by atoms with E-state index in [1.165, 1.54) is 6.92 Å². The zero-order valence-corrected chi connectivity index (χ0v) is 7.91. The fourth-order valence-corrected chi connectivity index (χ4v) is 2.09. The fraction of sp³-hybridized carbons (Fsp3) is 1.00. The molecule has 0 aliphatic heterocycles. The number of alkyl halides is 6. The Morgan fingerprint density at radius 1 is 1.07 bits per heavy atom. The largest absolute Gasteiger partial charge is 0.319 e. The highest BCUT2D eigenvalue weighted by atomic mass is 19.3. The number of hydrogen-bond donors (Lipinski definition) is 0. The van der Waals surface area contributed by atoms with Crippen molar-refractivity contribution in [2.45, 2.75) is 37.5 Å². The third-order valence-corrected chi connectivity index (χ3v) is 3.41. The summed E-state index contributed by atoms with van der Waals surface area (Å²) in [5.41, 5.74) is 0. The summed E-state index contributed by atoms with van der Waals surface area (Å²) in [6.45, 7) is 1.33. The van der Waals surface area contributed by atoms with Gasteiger partial charge in [0.05, 0.1) is 5.92 Å². The molecule has 15 heavy (non-hydrogen) atoms. The van der Waals surface area contributed by atoms with Crippen LogP contribution < -0.4 is 0 Å². The Hall–Kier alpha value is -0.420. The minimum Gasteiger partial charge on any atom is -0.207 e. The summed E-state index contributed by atoms with van der Waals surface area (Å²) in [5, 5.41) is 0. The van der Waals surface area contributed by atoms with E-state index in [1.807, 2.05) is 0 Å². The van der Waals surface area contributed by atoms with Crippen LogP contribution in [0.1, 0.15) is 19.8 Å². The predicted octanol–water partition coefficient (Wildman–Crippen LogP) is 3.57. The Kier molecular flexibility index (Phi) is 1.94. The summed E-state index contributed by atoms with van der Waals surface area (Å²) in [7, 11) is 0. The second-order valence-electron chi connectivity index (χ2n) is 4.58. The Balaban J connectivity index is 1.90. The highest BCUT2D eigenvalue weighted by Gasteiger charge is 2.85. The molecule has 0 bridgehead atoms. The van der Waals surface area contributed by atoms with Crippen LogP contribution in [0.15, 0.2) is 0 Å². The zero-order valence-electron chi connectivity index (χ0n) is 7.91. The van der Waals surface area contributed by atoms with Crippen LogP contribution in [-0.2, 0) is 0 Å². The topological polar surface area (TPSA) is 0 Å². The minimum atomic E-state index is -3.99. The molecule has 0 heterocycles. The van der Waals surface area contributed by atoms with Gasteiger partial charge in [-0.05, 0) is 12.3 Å². The van der Waals surface area contributed by atoms with Crippen molar-refractivity contribution in [2.24, 2.45) is 17.8 Å². The van der Waals surface area contributed by atoms with Crippen LogP contribution in [0, 0.1) is 17.8 Å². The van der Waals surface area contributed by atoms with E-state index >= 15 is 0 Å². The van der Waals surface area contributed by atoms with Crippen LogP contribution in [-0.4, -0.2) is 17.8 Å². The van der Waals surface area contributed by atoms with Gasteiger partial charge in [0.2, 0.25) is 0 Å². The first-order valence-corrected chi connectivity index (χ1v) is 4.74. The van der Waals surface area contributed by atoms with Crippen LogP contribution in [0.3, 0.4) is 0 Å². The van der Waals surface area contributed by atoms with Crippen LogP contribution in [0.2, 0.25) is 0 Å². The molecule has 0 N–H and O–H groups in total. The first-order chi connectivity index (χ1) is 6.61. The number of hydrogen-bond acceptors (Lipinski definition) is 0. The number of rotatable bonds is 3. The molecule has 6 heteroatoms. The Morgan fingerprint density at radius 2 is 1.47 bits per heavy atom. The van der Waals surface area contributed by atoms with Crippen molar-refractivity contribution < 1.29 is 26.3 Å². The van der Waals surface area contributed by atoms with Crippen molar-refractivity contribution in [2.75, 3.05) is 0 Å². The summed E-state index contributed by atoms with van der Waals surface area (Å²) < 4.78 is 74.9. The lowest BCUT2D eigenvalue weighted by atomic mass is 9.98. The van der Waals surface area contributed by atoms with Crippen molar-refractivity contribution in [3.63, 3.8) is 0 Å². The van der Waals surface area contributed by atoms with Gasteiger partial charge in [-0.15, -0.1) is 0 Å². The summed E-state index contributed by atoms with van der Waals surface area (Å²) >= 11 is 0. The molecule has 2 fully saturated rings. The second kappa shape index (κ2) is 2.63. The molecule has 2 rings (SSSR count). The average Bonchev–Trinajstić information content (AvgIpc) is 2.79. The fourth-order valence-electron chi connectivity index (χ4n) is 2.09. The maximum Gasteiger partial charge on any atom is 0.319 e. The van der Waals surface area contributed by atoms with Gasteiger partial charge in [0.1, 0.15) is 0 Å². The smallest absolute Gasteiger partial charge is 0.207 e. The molecule has 0 amide bonds. The van der Waals surface area contributed by atoms with Gasteiger partial charge in [0.25, 0.3) is 5.92 Å². The van der Waals surface area contributed by atoms with Gasteiger partial charge < -0.3 is 0 Å². The molecule has 0 radical (unpaired) electrons. The van der Waals surface area contributed by atoms with E-state index in [-0.39, 0.29) is 6.42 Å². The monoisotopic (exact) mass is 232 g/mol. The molecule has 2 saturated carbocycles.